The molecule has 0 bridgehead atoms. The topological polar surface area (TPSA) is 92.3 Å². The Balaban J connectivity index is 2.42. The summed E-state index contributed by atoms with van der Waals surface area (Å²) in [6.07, 6.45) is -4.76. The van der Waals surface area contributed by atoms with Crippen LogP contribution in [0.1, 0.15) is 26.3 Å². The van der Waals surface area contributed by atoms with E-state index in [1.54, 1.807) is 20.8 Å². The van der Waals surface area contributed by atoms with E-state index in [4.69, 9.17) is 11.6 Å². The summed E-state index contributed by atoms with van der Waals surface area (Å²) < 4.78 is 93.1. The van der Waals surface area contributed by atoms with Crippen LogP contribution in [0.3, 0.4) is 0 Å². The van der Waals surface area contributed by atoms with Gasteiger partial charge in [-0.3, -0.25) is 4.72 Å². The second-order valence-electron chi connectivity index (χ2n) is 7.13. The van der Waals surface area contributed by atoms with E-state index < -0.39 is 47.2 Å². The average Bonchev–Trinajstić information content (AvgIpc) is 2.51. The van der Waals surface area contributed by atoms with E-state index in [0.717, 1.165) is 12.1 Å². The lowest BCUT2D eigenvalue weighted by Gasteiger charge is -2.20. The highest BCUT2D eigenvalue weighted by molar-refractivity contribution is 7.93. The Morgan fingerprint density at radius 2 is 1.52 bits per heavy atom. The maximum Gasteiger partial charge on any atom is 0.416 e. The Morgan fingerprint density at radius 1 is 0.897 bits per heavy atom. The van der Waals surface area contributed by atoms with E-state index in [9.17, 15) is 30.0 Å². The Morgan fingerprint density at radius 3 is 2.07 bits per heavy atom. The molecule has 0 fully saturated rings. The van der Waals surface area contributed by atoms with Crippen LogP contribution in [0.4, 0.5) is 18.9 Å². The van der Waals surface area contributed by atoms with E-state index in [2.05, 4.69) is 9.44 Å². The molecule has 2 N–H and O–H groups in total. The van der Waals surface area contributed by atoms with E-state index in [1.807, 2.05) is 0 Å². The van der Waals surface area contributed by atoms with Crippen LogP contribution in [0.25, 0.3) is 0 Å². The van der Waals surface area contributed by atoms with Crippen molar-refractivity contribution in [3.8, 4) is 0 Å². The van der Waals surface area contributed by atoms with Gasteiger partial charge in [-0.1, -0.05) is 17.7 Å². The summed E-state index contributed by atoms with van der Waals surface area (Å²) in [5, 5.41) is -0.413. The zero-order chi connectivity index (χ0) is 22.3. The van der Waals surface area contributed by atoms with Gasteiger partial charge in [-0.05, 0) is 57.2 Å². The molecule has 2 rings (SSSR count). The standard InChI is InChI=1S/C17H18ClF3N2O4S2/c1-16(2,3)23-28(24,25)13-6-4-5-12(10-13)22-29(26,27)15-9-11(17(19,20)21)7-8-14(15)18/h4-10,22-23H,1-3H3. The number of anilines is 1. The van der Waals surface area contributed by atoms with Gasteiger partial charge in [-0.15, -0.1) is 0 Å². The number of alkyl halides is 3. The molecule has 0 atom stereocenters. The average molecular weight is 471 g/mol. The zero-order valence-electron chi connectivity index (χ0n) is 15.5. The van der Waals surface area contributed by atoms with Gasteiger partial charge in [0.1, 0.15) is 4.90 Å². The van der Waals surface area contributed by atoms with Crippen LogP contribution in [0.2, 0.25) is 5.02 Å². The van der Waals surface area contributed by atoms with Crippen LogP contribution in [0.5, 0.6) is 0 Å². The highest BCUT2D eigenvalue weighted by Crippen LogP contribution is 2.34. The molecule has 29 heavy (non-hydrogen) atoms. The van der Waals surface area contributed by atoms with Crippen molar-refractivity contribution < 1.29 is 30.0 Å². The minimum atomic E-state index is -4.76. The molecule has 2 aromatic carbocycles. The molecule has 0 spiro atoms. The summed E-state index contributed by atoms with van der Waals surface area (Å²) in [4.78, 5) is -1.00. The maximum absolute atomic E-state index is 12.9. The Bertz CT molecular complexity index is 1130. The van der Waals surface area contributed by atoms with Crippen molar-refractivity contribution in [1.82, 2.24) is 4.72 Å². The third-order valence-electron chi connectivity index (χ3n) is 3.39. The summed E-state index contributed by atoms with van der Waals surface area (Å²) in [7, 11) is -8.48. The van der Waals surface area contributed by atoms with Gasteiger partial charge >= 0.3 is 6.18 Å². The summed E-state index contributed by atoms with van der Waals surface area (Å²) in [6.45, 7) is 4.90. The summed E-state index contributed by atoms with van der Waals surface area (Å²) in [5.41, 5.74) is -2.12. The third kappa shape index (κ3) is 6.08. The first-order valence-electron chi connectivity index (χ1n) is 8.05. The van der Waals surface area contributed by atoms with Crippen molar-refractivity contribution in [2.24, 2.45) is 0 Å². The van der Waals surface area contributed by atoms with Crippen LogP contribution in [-0.4, -0.2) is 22.4 Å². The van der Waals surface area contributed by atoms with Crippen LogP contribution in [0.15, 0.2) is 52.3 Å². The number of rotatable bonds is 5. The first-order chi connectivity index (χ1) is 13.0. The molecule has 160 valence electrons. The summed E-state index contributed by atoms with van der Waals surface area (Å²) >= 11 is 5.78. The Kier molecular flexibility index (Phi) is 6.30. The molecule has 0 heterocycles. The van der Waals surface area contributed by atoms with Gasteiger partial charge in [0, 0.05) is 5.54 Å². The smallest absolute Gasteiger partial charge is 0.280 e. The van der Waals surface area contributed by atoms with Crippen LogP contribution >= 0.6 is 11.6 Å². The highest BCUT2D eigenvalue weighted by atomic mass is 35.5. The SMILES string of the molecule is CC(C)(C)NS(=O)(=O)c1cccc(NS(=O)(=O)c2cc(C(F)(F)F)ccc2Cl)c1. The molecule has 0 radical (unpaired) electrons. The summed E-state index contributed by atoms with van der Waals surface area (Å²) in [6, 6.07) is 6.75. The minimum Gasteiger partial charge on any atom is -0.280 e. The lowest BCUT2D eigenvalue weighted by atomic mass is 10.1. The first kappa shape index (κ1) is 23.5. The molecule has 0 unspecified atom stereocenters. The predicted octanol–water partition coefficient (Wildman–Crippen LogP) is 4.24. The van der Waals surface area contributed by atoms with Crippen molar-refractivity contribution >= 4 is 37.3 Å². The number of hydrogen-bond acceptors (Lipinski definition) is 4. The molecule has 12 heteroatoms. The first-order valence-corrected chi connectivity index (χ1v) is 11.4. The molecule has 0 saturated carbocycles. The minimum absolute atomic E-state index is 0.157. The number of sulfonamides is 2. The molecular weight excluding hydrogens is 453 g/mol. The van der Waals surface area contributed by atoms with E-state index in [0.29, 0.717) is 12.1 Å². The highest BCUT2D eigenvalue weighted by Gasteiger charge is 2.33. The van der Waals surface area contributed by atoms with Crippen LogP contribution in [0, 0.1) is 0 Å². The Labute approximate surface area is 172 Å². The van der Waals surface area contributed by atoms with Crippen molar-refractivity contribution in [3.63, 3.8) is 0 Å². The molecule has 0 aliphatic rings. The fourth-order valence-electron chi connectivity index (χ4n) is 2.28. The summed E-state index contributed by atoms with van der Waals surface area (Å²) in [5.74, 6) is 0. The van der Waals surface area contributed by atoms with Gasteiger partial charge < -0.3 is 0 Å². The molecule has 0 saturated heterocycles. The van der Waals surface area contributed by atoms with Gasteiger partial charge in [-0.25, -0.2) is 21.6 Å². The second-order valence-corrected chi connectivity index (χ2v) is 10.9. The van der Waals surface area contributed by atoms with Crippen molar-refractivity contribution in [1.29, 1.82) is 0 Å². The number of halogens is 4. The molecule has 0 aliphatic carbocycles. The molecular formula is C17H18ClF3N2O4S2. The molecule has 0 aromatic heterocycles. The fourth-order valence-corrected chi connectivity index (χ4v) is 5.32. The van der Waals surface area contributed by atoms with E-state index in [1.165, 1.54) is 18.2 Å². The monoisotopic (exact) mass is 470 g/mol. The number of hydrogen-bond donors (Lipinski definition) is 2. The van der Waals surface area contributed by atoms with Crippen molar-refractivity contribution in [2.45, 2.75) is 42.3 Å². The van der Waals surface area contributed by atoms with E-state index >= 15 is 0 Å². The second kappa shape index (κ2) is 7.78. The quantitative estimate of drug-likeness (QED) is 0.683. The maximum atomic E-state index is 12.9. The van der Waals surface area contributed by atoms with Crippen LogP contribution in [-0.2, 0) is 26.2 Å². The lowest BCUT2D eigenvalue weighted by molar-refractivity contribution is -0.137. The third-order valence-corrected chi connectivity index (χ3v) is 7.00. The fraction of sp³-hybridized carbons (Fsp3) is 0.294. The lowest BCUT2D eigenvalue weighted by Crippen LogP contribution is -2.40. The van der Waals surface area contributed by atoms with Gasteiger partial charge in [-0.2, -0.15) is 13.2 Å². The van der Waals surface area contributed by atoms with Gasteiger partial charge in [0.05, 0.1) is 21.2 Å². The molecule has 0 amide bonds. The number of benzene rings is 2. The predicted molar refractivity (Wildman–Crippen MR) is 104 cm³/mol. The van der Waals surface area contributed by atoms with Crippen molar-refractivity contribution in [3.05, 3.63) is 53.1 Å². The van der Waals surface area contributed by atoms with E-state index in [-0.39, 0.29) is 10.6 Å². The molecule has 6 nitrogen and oxygen atoms in total. The largest absolute Gasteiger partial charge is 0.416 e. The van der Waals surface area contributed by atoms with Gasteiger partial charge in [0.15, 0.2) is 0 Å². The Hall–Kier alpha value is -1.82. The normalized spacial score (nSPS) is 13.3. The molecule has 2 aromatic rings. The van der Waals surface area contributed by atoms with Gasteiger partial charge in [0.2, 0.25) is 10.0 Å². The van der Waals surface area contributed by atoms with Crippen molar-refractivity contribution in [2.75, 3.05) is 4.72 Å². The number of nitrogens with one attached hydrogen (secondary N) is 2. The molecule has 0 aliphatic heterocycles. The van der Waals surface area contributed by atoms with Crippen LogP contribution < -0.4 is 9.44 Å². The van der Waals surface area contributed by atoms with Gasteiger partial charge in [0.25, 0.3) is 10.0 Å². The zero-order valence-corrected chi connectivity index (χ0v) is 17.9.